The van der Waals surface area contributed by atoms with E-state index in [-0.39, 0.29) is 0 Å². The van der Waals surface area contributed by atoms with Gasteiger partial charge in [0.1, 0.15) is 7.85 Å². The summed E-state index contributed by atoms with van der Waals surface area (Å²) in [6.07, 6.45) is 10.1. The Bertz CT molecular complexity index is 329. The lowest BCUT2D eigenvalue weighted by atomic mass is 10.0. The summed E-state index contributed by atoms with van der Waals surface area (Å²) in [6.45, 7) is 5.93. The highest BCUT2D eigenvalue weighted by atomic mass is 15.3. The van der Waals surface area contributed by atoms with E-state index in [0.29, 0.717) is 6.04 Å². The van der Waals surface area contributed by atoms with E-state index in [2.05, 4.69) is 16.9 Å². The van der Waals surface area contributed by atoms with Gasteiger partial charge in [0.25, 0.3) is 0 Å². The van der Waals surface area contributed by atoms with Crippen LogP contribution in [0.3, 0.4) is 0 Å². The second kappa shape index (κ2) is 6.24. The van der Waals surface area contributed by atoms with Crippen molar-refractivity contribution in [3.63, 3.8) is 0 Å². The standard InChI is InChI=1S/C13H22BN3/c1-2-3-4-7-16-8-5-13(6-9-16)17-11-12(14)10-15-17/h10-11,13H,2-9H2,1H3. The fraction of sp³-hybridized carbons (Fsp3) is 0.769. The fourth-order valence-corrected chi connectivity index (χ4v) is 2.55. The second-order valence-electron chi connectivity index (χ2n) is 5.03. The smallest absolute Gasteiger partial charge is 0.118 e. The lowest BCUT2D eigenvalue weighted by Gasteiger charge is -2.32. The maximum absolute atomic E-state index is 5.70. The summed E-state index contributed by atoms with van der Waals surface area (Å²) in [7, 11) is 5.70. The van der Waals surface area contributed by atoms with Gasteiger partial charge < -0.3 is 4.90 Å². The van der Waals surface area contributed by atoms with E-state index in [9.17, 15) is 0 Å². The summed E-state index contributed by atoms with van der Waals surface area (Å²) in [5, 5.41) is 4.31. The zero-order chi connectivity index (χ0) is 12.1. The van der Waals surface area contributed by atoms with E-state index in [0.717, 1.165) is 5.46 Å². The fourth-order valence-electron chi connectivity index (χ4n) is 2.55. The number of hydrogen-bond acceptors (Lipinski definition) is 2. The van der Waals surface area contributed by atoms with Crippen LogP contribution in [0, 0.1) is 0 Å². The van der Waals surface area contributed by atoms with E-state index in [1.54, 1.807) is 6.20 Å². The van der Waals surface area contributed by atoms with Crippen molar-refractivity contribution in [2.24, 2.45) is 0 Å². The molecule has 0 bridgehead atoms. The normalized spacial score (nSPS) is 18.6. The number of rotatable bonds is 5. The van der Waals surface area contributed by atoms with E-state index in [1.165, 1.54) is 51.7 Å². The van der Waals surface area contributed by atoms with Gasteiger partial charge >= 0.3 is 0 Å². The minimum atomic E-state index is 0.551. The molecule has 1 aromatic heterocycles. The van der Waals surface area contributed by atoms with E-state index in [4.69, 9.17) is 7.85 Å². The minimum Gasteiger partial charge on any atom is -0.303 e. The van der Waals surface area contributed by atoms with Gasteiger partial charge in [-0.15, -0.1) is 0 Å². The van der Waals surface area contributed by atoms with Crippen LogP contribution < -0.4 is 5.46 Å². The van der Waals surface area contributed by atoms with Crippen molar-refractivity contribution in [2.45, 2.75) is 45.1 Å². The second-order valence-corrected chi connectivity index (χ2v) is 5.03. The van der Waals surface area contributed by atoms with Gasteiger partial charge in [0.15, 0.2) is 0 Å². The average Bonchev–Trinajstić information content (AvgIpc) is 2.77. The molecule has 0 aliphatic carbocycles. The van der Waals surface area contributed by atoms with Crippen LogP contribution in [0.2, 0.25) is 0 Å². The van der Waals surface area contributed by atoms with Crippen LogP contribution >= 0.6 is 0 Å². The van der Waals surface area contributed by atoms with Crippen molar-refractivity contribution < 1.29 is 0 Å². The molecule has 3 nitrogen and oxygen atoms in total. The molecule has 1 aromatic rings. The third kappa shape index (κ3) is 3.60. The van der Waals surface area contributed by atoms with Crippen LogP contribution in [0.4, 0.5) is 0 Å². The molecule has 1 fully saturated rings. The molecule has 0 aromatic carbocycles. The van der Waals surface area contributed by atoms with E-state index >= 15 is 0 Å². The predicted molar refractivity (Wildman–Crippen MR) is 71.9 cm³/mol. The Kier molecular flexibility index (Phi) is 4.66. The number of unbranched alkanes of at least 4 members (excludes halogenated alkanes) is 2. The molecule has 1 aliphatic rings. The molecule has 1 saturated heterocycles. The van der Waals surface area contributed by atoms with Gasteiger partial charge in [0.2, 0.25) is 0 Å². The third-order valence-electron chi connectivity index (χ3n) is 3.63. The molecule has 2 radical (unpaired) electrons. The molecule has 0 spiro atoms. The first-order valence-electron chi connectivity index (χ1n) is 6.81. The summed E-state index contributed by atoms with van der Waals surface area (Å²) in [5.74, 6) is 0. The Morgan fingerprint density at radius 3 is 2.71 bits per heavy atom. The molecule has 4 heteroatoms. The van der Waals surface area contributed by atoms with Crippen molar-refractivity contribution in [1.29, 1.82) is 0 Å². The number of aromatic nitrogens is 2. The van der Waals surface area contributed by atoms with Gasteiger partial charge in [0.05, 0.1) is 6.04 Å². The van der Waals surface area contributed by atoms with Gasteiger partial charge in [-0.25, -0.2) is 0 Å². The molecule has 1 aliphatic heterocycles. The molecular formula is C13H22BN3. The Labute approximate surface area is 106 Å². The highest BCUT2D eigenvalue weighted by Gasteiger charge is 2.20. The van der Waals surface area contributed by atoms with Crippen molar-refractivity contribution in [3.8, 4) is 0 Å². The van der Waals surface area contributed by atoms with Gasteiger partial charge in [0, 0.05) is 25.5 Å². The molecule has 0 saturated carbocycles. The van der Waals surface area contributed by atoms with Gasteiger partial charge in [-0.05, 0) is 25.8 Å². The average molecular weight is 231 g/mol. The molecule has 2 rings (SSSR count). The van der Waals surface area contributed by atoms with Gasteiger partial charge in [-0.1, -0.05) is 25.2 Å². The lowest BCUT2D eigenvalue weighted by Crippen LogP contribution is -2.35. The molecule has 0 amide bonds. The largest absolute Gasteiger partial charge is 0.303 e. The molecular weight excluding hydrogens is 209 g/mol. The Hall–Kier alpha value is -0.765. The molecule has 17 heavy (non-hydrogen) atoms. The molecule has 92 valence electrons. The zero-order valence-corrected chi connectivity index (χ0v) is 10.8. The highest BCUT2D eigenvalue weighted by molar-refractivity contribution is 6.31. The van der Waals surface area contributed by atoms with E-state index in [1.807, 2.05) is 10.9 Å². The van der Waals surface area contributed by atoms with Crippen LogP contribution in [0.15, 0.2) is 12.4 Å². The summed E-state index contributed by atoms with van der Waals surface area (Å²) < 4.78 is 2.04. The van der Waals surface area contributed by atoms with Crippen LogP contribution in [0.25, 0.3) is 0 Å². The van der Waals surface area contributed by atoms with Gasteiger partial charge in [-0.3, -0.25) is 4.68 Å². The van der Waals surface area contributed by atoms with Crippen LogP contribution in [-0.2, 0) is 0 Å². The maximum atomic E-state index is 5.70. The van der Waals surface area contributed by atoms with Gasteiger partial charge in [-0.2, -0.15) is 5.10 Å². The number of hydrogen-bond donors (Lipinski definition) is 0. The van der Waals surface area contributed by atoms with Crippen molar-refractivity contribution in [3.05, 3.63) is 12.4 Å². The molecule has 0 unspecified atom stereocenters. The minimum absolute atomic E-state index is 0.551. The summed E-state index contributed by atoms with van der Waals surface area (Å²) >= 11 is 0. The number of likely N-dealkylation sites (tertiary alicyclic amines) is 1. The summed E-state index contributed by atoms with van der Waals surface area (Å²) in [5.41, 5.74) is 0.773. The van der Waals surface area contributed by atoms with E-state index < -0.39 is 0 Å². The number of piperidine rings is 1. The molecule has 0 atom stereocenters. The van der Waals surface area contributed by atoms with Crippen molar-refractivity contribution in [1.82, 2.24) is 14.7 Å². The quantitative estimate of drug-likeness (QED) is 0.565. The van der Waals surface area contributed by atoms with Crippen LogP contribution in [0.5, 0.6) is 0 Å². The maximum Gasteiger partial charge on any atom is 0.118 e. The first kappa shape index (κ1) is 12.7. The first-order valence-corrected chi connectivity index (χ1v) is 6.81. The monoisotopic (exact) mass is 231 g/mol. The Balaban J connectivity index is 1.74. The highest BCUT2D eigenvalue weighted by Crippen LogP contribution is 2.21. The molecule has 2 heterocycles. The Morgan fingerprint density at radius 2 is 2.12 bits per heavy atom. The number of nitrogens with zero attached hydrogens (tertiary/aromatic N) is 3. The lowest BCUT2D eigenvalue weighted by molar-refractivity contribution is 0.177. The zero-order valence-electron chi connectivity index (χ0n) is 10.8. The first-order chi connectivity index (χ1) is 8.29. The third-order valence-corrected chi connectivity index (χ3v) is 3.63. The molecule has 0 N–H and O–H groups in total. The van der Waals surface area contributed by atoms with Crippen molar-refractivity contribution >= 4 is 13.3 Å². The van der Waals surface area contributed by atoms with Crippen LogP contribution in [0.1, 0.15) is 45.1 Å². The SMILES string of the molecule is [B]c1cnn(C2CCN(CCCCC)CC2)c1. The van der Waals surface area contributed by atoms with Crippen LogP contribution in [-0.4, -0.2) is 42.2 Å². The predicted octanol–water partition coefficient (Wildman–Crippen LogP) is 1.50. The summed E-state index contributed by atoms with van der Waals surface area (Å²) in [6, 6.07) is 0.551. The Morgan fingerprint density at radius 1 is 1.35 bits per heavy atom. The summed E-state index contributed by atoms with van der Waals surface area (Å²) in [4.78, 5) is 2.58. The van der Waals surface area contributed by atoms with Crippen molar-refractivity contribution in [2.75, 3.05) is 19.6 Å². The topological polar surface area (TPSA) is 21.1 Å².